The molecule has 0 spiro atoms. The third kappa shape index (κ3) is 4.26. The van der Waals surface area contributed by atoms with E-state index < -0.39 is 0 Å². The molecule has 25 heavy (non-hydrogen) atoms. The van der Waals surface area contributed by atoms with E-state index in [2.05, 4.69) is 10.6 Å². The number of hydrogen-bond acceptors (Lipinski definition) is 3. The van der Waals surface area contributed by atoms with E-state index in [1.807, 2.05) is 24.4 Å². The van der Waals surface area contributed by atoms with Gasteiger partial charge in [-0.05, 0) is 54.3 Å². The van der Waals surface area contributed by atoms with Crippen molar-refractivity contribution in [2.45, 2.75) is 6.92 Å². The zero-order valence-electron chi connectivity index (χ0n) is 13.4. The minimum atomic E-state index is -0.271. The number of carbonyl (C=O) groups is 2. The first kappa shape index (κ1) is 17.2. The molecule has 3 aromatic rings. The van der Waals surface area contributed by atoms with E-state index in [1.165, 1.54) is 11.3 Å². The Labute approximate surface area is 154 Å². The zero-order chi connectivity index (χ0) is 17.8. The Morgan fingerprint density at radius 1 is 0.920 bits per heavy atom. The molecule has 6 heteroatoms. The second-order valence-electron chi connectivity index (χ2n) is 5.43. The number of halogens is 1. The summed E-state index contributed by atoms with van der Waals surface area (Å²) in [6.45, 7) is 1.90. The maximum absolute atomic E-state index is 12.4. The third-order valence-electron chi connectivity index (χ3n) is 3.56. The Balaban J connectivity index is 1.73. The minimum Gasteiger partial charge on any atom is -0.322 e. The van der Waals surface area contributed by atoms with E-state index in [4.69, 9.17) is 11.6 Å². The zero-order valence-corrected chi connectivity index (χ0v) is 14.9. The van der Waals surface area contributed by atoms with Crippen LogP contribution < -0.4 is 10.6 Å². The minimum absolute atomic E-state index is 0.196. The Morgan fingerprint density at radius 3 is 2.40 bits per heavy atom. The predicted octanol–water partition coefficient (Wildman–Crippen LogP) is 5.21. The van der Waals surface area contributed by atoms with Gasteiger partial charge in [0.15, 0.2) is 0 Å². The summed E-state index contributed by atoms with van der Waals surface area (Å²) in [4.78, 5) is 25.1. The van der Waals surface area contributed by atoms with E-state index >= 15 is 0 Å². The molecule has 4 nitrogen and oxygen atoms in total. The molecule has 0 unspecified atom stereocenters. The summed E-state index contributed by atoms with van der Waals surface area (Å²) < 4.78 is 0. The summed E-state index contributed by atoms with van der Waals surface area (Å²) in [7, 11) is 0. The van der Waals surface area contributed by atoms with Crippen molar-refractivity contribution in [1.82, 2.24) is 0 Å². The molecule has 0 aliphatic carbocycles. The first-order chi connectivity index (χ1) is 12.0. The first-order valence-corrected chi connectivity index (χ1v) is 8.81. The number of thiophene rings is 1. The number of carbonyl (C=O) groups excluding carboxylic acids is 2. The van der Waals surface area contributed by atoms with Crippen molar-refractivity contribution < 1.29 is 9.59 Å². The average molecular weight is 371 g/mol. The number of anilines is 2. The largest absolute Gasteiger partial charge is 0.322 e. The highest BCUT2D eigenvalue weighted by Crippen LogP contribution is 2.21. The van der Waals surface area contributed by atoms with Gasteiger partial charge in [0.1, 0.15) is 0 Å². The fourth-order valence-electron chi connectivity index (χ4n) is 2.21. The second-order valence-corrected chi connectivity index (χ2v) is 6.79. The van der Waals surface area contributed by atoms with Gasteiger partial charge >= 0.3 is 0 Å². The number of nitrogens with one attached hydrogen (secondary N) is 2. The summed E-state index contributed by atoms with van der Waals surface area (Å²) in [5, 5.41) is 8.02. The fraction of sp³-hybridized carbons (Fsp3) is 0.0526. The molecule has 0 fully saturated rings. The van der Waals surface area contributed by atoms with Gasteiger partial charge in [-0.2, -0.15) is 0 Å². The van der Waals surface area contributed by atoms with Crippen LogP contribution in [0.25, 0.3) is 0 Å². The van der Waals surface area contributed by atoms with Crippen LogP contribution in [0.2, 0.25) is 5.02 Å². The molecule has 0 saturated carbocycles. The summed E-state index contributed by atoms with van der Waals surface area (Å²) in [6, 6.07) is 15.7. The number of benzene rings is 2. The molecule has 2 N–H and O–H groups in total. The molecule has 0 bridgehead atoms. The number of hydrogen-bond donors (Lipinski definition) is 2. The van der Waals surface area contributed by atoms with E-state index in [9.17, 15) is 9.59 Å². The van der Waals surface area contributed by atoms with Crippen LogP contribution in [-0.2, 0) is 0 Å². The van der Waals surface area contributed by atoms with Crippen molar-refractivity contribution in [3.63, 3.8) is 0 Å². The summed E-state index contributed by atoms with van der Waals surface area (Å²) in [6.07, 6.45) is 0. The van der Waals surface area contributed by atoms with Crippen molar-refractivity contribution in [3.8, 4) is 0 Å². The van der Waals surface area contributed by atoms with Crippen LogP contribution >= 0.6 is 22.9 Å². The number of amides is 2. The topological polar surface area (TPSA) is 58.2 Å². The SMILES string of the molecule is Cc1ccc(NC(=O)c2cccc(NC(=O)c3cccs3)c2)cc1Cl. The molecule has 0 radical (unpaired) electrons. The normalized spacial score (nSPS) is 10.3. The standard InChI is InChI=1S/C19H15ClN2O2S/c1-12-7-8-15(11-16(12)20)21-18(23)13-4-2-5-14(10-13)22-19(24)17-6-3-9-25-17/h2-11H,1H3,(H,21,23)(H,22,24). The van der Waals surface area contributed by atoms with Crippen LogP contribution in [-0.4, -0.2) is 11.8 Å². The molecular formula is C19H15ClN2O2S. The smallest absolute Gasteiger partial charge is 0.265 e. The predicted molar refractivity (Wildman–Crippen MR) is 103 cm³/mol. The van der Waals surface area contributed by atoms with Crippen LogP contribution in [0, 0.1) is 6.92 Å². The highest BCUT2D eigenvalue weighted by molar-refractivity contribution is 7.12. The van der Waals surface area contributed by atoms with Gasteiger partial charge in [-0.25, -0.2) is 0 Å². The van der Waals surface area contributed by atoms with Gasteiger partial charge in [0.25, 0.3) is 11.8 Å². The van der Waals surface area contributed by atoms with Gasteiger partial charge in [0.05, 0.1) is 4.88 Å². The highest BCUT2D eigenvalue weighted by atomic mass is 35.5. The van der Waals surface area contributed by atoms with Crippen LogP contribution in [0.3, 0.4) is 0 Å². The lowest BCUT2D eigenvalue weighted by atomic mass is 10.1. The molecule has 0 saturated heterocycles. The van der Waals surface area contributed by atoms with E-state index in [-0.39, 0.29) is 11.8 Å². The second kappa shape index (κ2) is 7.51. The number of aryl methyl sites for hydroxylation is 1. The van der Waals surface area contributed by atoms with Gasteiger partial charge in [0.2, 0.25) is 0 Å². The lowest BCUT2D eigenvalue weighted by Gasteiger charge is -2.09. The molecule has 0 atom stereocenters. The Morgan fingerprint density at radius 2 is 1.68 bits per heavy atom. The molecule has 2 aromatic carbocycles. The van der Waals surface area contributed by atoms with Crippen molar-refractivity contribution >= 4 is 46.1 Å². The Kier molecular flexibility index (Phi) is 5.16. The molecule has 0 aliphatic heterocycles. The lowest BCUT2D eigenvalue weighted by Crippen LogP contribution is -2.14. The van der Waals surface area contributed by atoms with Crippen molar-refractivity contribution in [2.75, 3.05) is 10.6 Å². The summed E-state index contributed by atoms with van der Waals surface area (Å²) in [5.74, 6) is -0.468. The van der Waals surface area contributed by atoms with Crippen LogP contribution in [0.15, 0.2) is 60.0 Å². The average Bonchev–Trinajstić information content (AvgIpc) is 3.13. The third-order valence-corrected chi connectivity index (χ3v) is 4.83. The van der Waals surface area contributed by atoms with Crippen LogP contribution in [0.4, 0.5) is 11.4 Å². The summed E-state index contributed by atoms with van der Waals surface area (Å²) >= 11 is 7.44. The quantitative estimate of drug-likeness (QED) is 0.661. The van der Waals surface area contributed by atoms with Gasteiger partial charge < -0.3 is 10.6 Å². The fourth-order valence-corrected chi connectivity index (χ4v) is 3.01. The van der Waals surface area contributed by atoms with E-state index in [1.54, 1.807) is 42.5 Å². The highest BCUT2D eigenvalue weighted by Gasteiger charge is 2.10. The van der Waals surface area contributed by atoms with Crippen LogP contribution in [0.1, 0.15) is 25.6 Å². The first-order valence-electron chi connectivity index (χ1n) is 7.55. The van der Waals surface area contributed by atoms with Crippen molar-refractivity contribution in [2.24, 2.45) is 0 Å². The molecular weight excluding hydrogens is 356 g/mol. The maximum atomic E-state index is 12.4. The molecule has 2 amide bonds. The molecule has 1 aromatic heterocycles. The van der Waals surface area contributed by atoms with E-state index in [0.717, 1.165) is 5.56 Å². The van der Waals surface area contributed by atoms with Gasteiger partial charge in [0, 0.05) is 22.0 Å². The van der Waals surface area contributed by atoms with E-state index in [0.29, 0.717) is 26.8 Å². The van der Waals surface area contributed by atoms with Crippen molar-refractivity contribution in [3.05, 3.63) is 81.0 Å². The van der Waals surface area contributed by atoms with Gasteiger partial charge in [-0.3, -0.25) is 9.59 Å². The molecule has 3 rings (SSSR count). The van der Waals surface area contributed by atoms with Crippen LogP contribution in [0.5, 0.6) is 0 Å². The van der Waals surface area contributed by atoms with Crippen molar-refractivity contribution in [1.29, 1.82) is 0 Å². The Bertz CT molecular complexity index is 923. The lowest BCUT2D eigenvalue weighted by molar-refractivity contribution is 0.101. The monoisotopic (exact) mass is 370 g/mol. The number of rotatable bonds is 4. The summed E-state index contributed by atoms with van der Waals surface area (Å²) in [5.41, 5.74) is 2.57. The van der Waals surface area contributed by atoms with Gasteiger partial charge in [-0.15, -0.1) is 11.3 Å². The maximum Gasteiger partial charge on any atom is 0.265 e. The molecule has 0 aliphatic rings. The molecule has 126 valence electrons. The Hall–Kier alpha value is -2.63. The van der Waals surface area contributed by atoms with Gasteiger partial charge in [-0.1, -0.05) is 29.8 Å². The molecule has 1 heterocycles.